The number of hydrogen-bond donors (Lipinski definition) is 1. The van der Waals surface area contributed by atoms with Gasteiger partial charge in [0, 0.05) is 11.8 Å². The lowest BCUT2D eigenvalue weighted by Crippen LogP contribution is -2.14. The van der Waals surface area contributed by atoms with Crippen LogP contribution in [0.3, 0.4) is 0 Å². The molecule has 0 fully saturated rings. The number of hydrogen-bond acceptors (Lipinski definition) is 4. The molecule has 0 aliphatic carbocycles. The number of fused-ring (bicyclic) bond motifs is 1. The van der Waals surface area contributed by atoms with Gasteiger partial charge in [0.15, 0.2) is 5.58 Å². The minimum atomic E-state index is -0.452. The van der Waals surface area contributed by atoms with Crippen molar-refractivity contribution >= 4 is 16.9 Å². The van der Waals surface area contributed by atoms with Gasteiger partial charge >= 0.3 is 5.76 Å². The van der Waals surface area contributed by atoms with Crippen molar-refractivity contribution in [2.45, 2.75) is 6.54 Å². The third kappa shape index (κ3) is 2.89. The number of rotatable bonds is 3. The van der Waals surface area contributed by atoms with Crippen LogP contribution < -0.4 is 11.5 Å². The normalized spacial score (nSPS) is 11.1. The van der Waals surface area contributed by atoms with Gasteiger partial charge in [-0.15, -0.1) is 0 Å². The van der Waals surface area contributed by atoms with E-state index in [2.05, 4.69) is 4.98 Å². The Hall–Kier alpha value is -3.41. The first kappa shape index (κ1) is 15.1. The molecule has 0 unspecified atom stereocenters. The Morgan fingerprint density at radius 1 is 1.04 bits per heavy atom. The number of benzene rings is 2. The topological polar surface area (TPSA) is 74.0 Å². The van der Waals surface area contributed by atoms with Crippen molar-refractivity contribution in [2.75, 3.05) is 5.73 Å². The van der Waals surface area contributed by atoms with Crippen LogP contribution in [0.1, 0.15) is 5.56 Å². The van der Waals surface area contributed by atoms with E-state index in [1.807, 2.05) is 18.2 Å². The molecule has 0 atom stereocenters. The van der Waals surface area contributed by atoms with Gasteiger partial charge in [-0.3, -0.25) is 4.57 Å². The standard InChI is InChI=1S/C19H14FN3O2/c20-15-5-1-12(2-6-15)11-23-16-7-3-13(9-17(16)25-19(23)24)14-4-8-18(21)22-10-14/h1-10H,11H2,(H2,21,22). The van der Waals surface area contributed by atoms with E-state index in [1.54, 1.807) is 30.5 Å². The van der Waals surface area contributed by atoms with Gasteiger partial charge in [0.05, 0.1) is 12.1 Å². The highest BCUT2D eigenvalue weighted by Gasteiger charge is 2.11. The molecule has 2 aromatic carbocycles. The van der Waals surface area contributed by atoms with E-state index in [0.717, 1.165) is 16.7 Å². The lowest BCUT2D eigenvalue weighted by molar-refractivity contribution is 0.517. The Balaban J connectivity index is 1.74. The van der Waals surface area contributed by atoms with E-state index in [1.165, 1.54) is 16.7 Å². The van der Waals surface area contributed by atoms with Crippen molar-refractivity contribution < 1.29 is 8.81 Å². The van der Waals surface area contributed by atoms with Crippen molar-refractivity contribution in [1.29, 1.82) is 0 Å². The largest absolute Gasteiger partial charge is 0.420 e. The highest BCUT2D eigenvalue weighted by atomic mass is 19.1. The van der Waals surface area contributed by atoms with Crippen molar-refractivity contribution in [3.8, 4) is 11.1 Å². The smallest absolute Gasteiger partial charge is 0.408 e. The molecule has 0 spiro atoms. The summed E-state index contributed by atoms with van der Waals surface area (Å²) in [6.07, 6.45) is 1.67. The maximum Gasteiger partial charge on any atom is 0.420 e. The predicted molar refractivity (Wildman–Crippen MR) is 93.6 cm³/mol. The minimum Gasteiger partial charge on any atom is -0.408 e. The molecule has 2 aromatic heterocycles. The number of nitrogen functional groups attached to an aromatic ring is 1. The van der Waals surface area contributed by atoms with Gasteiger partial charge in [0.1, 0.15) is 11.6 Å². The van der Waals surface area contributed by atoms with Crippen LogP contribution in [0.5, 0.6) is 0 Å². The molecule has 0 aliphatic heterocycles. The summed E-state index contributed by atoms with van der Waals surface area (Å²) < 4.78 is 19.9. The first-order valence-corrected chi connectivity index (χ1v) is 7.70. The van der Waals surface area contributed by atoms with Gasteiger partial charge < -0.3 is 10.2 Å². The molecule has 2 heterocycles. The summed E-state index contributed by atoms with van der Waals surface area (Å²) in [7, 11) is 0. The van der Waals surface area contributed by atoms with Crippen LogP contribution in [0.15, 0.2) is 70.0 Å². The van der Waals surface area contributed by atoms with Gasteiger partial charge in [-0.05, 0) is 47.5 Å². The number of pyridine rings is 1. The van der Waals surface area contributed by atoms with Crippen LogP contribution in [0.25, 0.3) is 22.2 Å². The second-order valence-corrected chi connectivity index (χ2v) is 5.73. The molecule has 2 N–H and O–H groups in total. The summed E-state index contributed by atoms with van der Waals surface area (Å²) in [4.78, 5) is 16.3. The van der Waals surface area contributed by atoms with Gasteiger partial charge in [-0.2, -0.15) is 0 Å². The minimum absolute atomic E-state index is 0.310. The van der Waals surface area contributed by atoms with Crippen LogP contribution in [-0.4, -0.2) is 9.55 Å². The Bertz CT molecular complexity index is 1100. The second-order valence-electron chi connectivity index (χ2n) is 5.73. The van der Waals surface area contributed by atoms with Crippen molar-refractivity contribution in [2.24, 2.45) is 0 Å². The van der Waals surface area contributed by atoms with E-state index < -0.39 is 5.76 Å². The van der Waals surface area contributed by atoms with E-state index in [4.69, 9.17) is 10.2 Å². The molecule has 0 amide bonds. The van der Waals surface area contributed by atoms with Gasteiger partial charge in [-0.25, -0.2) is 14.2 Å². The maximum absolute atomic E-state index is 13.0. The summed E-state index contributed by atoms with van der Waals surface area (Å²) in [6, 6.07) is 15.1. The van der Waals surface area contributed by atoms with Crippen molar-refractivity contribution in [3.05, 3.63) is 82.7 Å². The van der Waals surface area contributed by atoms with E-state index >= 15 is 0 Å². The van der Waals surface area contributed by atoms with E-state index in [-0.39, 0.29) is 5.82 Å². The number of nitrogens with two attached hydrogens (primary N) is 1. The zero-order valence-electron chi connectivity index (χ0n) is 13.1. The predicted octanol–water partition coefficient (Wildman–Crippen LogP) is 3.43. The second kappa shape index (κ2) is 5.90. The molecule has 25 heavy (non-hydrogen) atoms. The van der Waals surface area contributed by atoms with Gasteiger partial charge in [0.2, 0.25) is 0 Å². The van der Waals surface area contributed by atoms with Gasteiger partial charge in [0.25, 0.3) is 0 Å². The van der Waals surface area contributed by atoms with Crippen molar-refractivity contribution in [3.63, 3.8) is 0 Å². The molecule has 124 valence electrons. The molecule has 5 nitrogen and oxygen atoms in total. The third-order valence-corrected chi connectivity index (χ3v) is 4.04. The molecule has 0 saturated carbocycles. The fourth-order valence-electron chi connectivity index (χ4n) is 2.74. The fraction of sp³-hybridized carbons (Fsp3) is 0.0526. The summed E-state index contributed by atoms with van der Waals surface area (Å²) in [5.74, 6) is -0.316. The molecule has 4 rings (SSSR count). The van der Waals surface area contributed by atoms with E-state index in [9.17, 15) is 9.18 Å². The summed E-state index contributed by atoms with van der Waals surface area (Å²) in [5, 5.41) is 0. The average Bonchev–Trinajstić information content (AvgIpc) is 2.92. The highest BCUT2D eigenvalue weighted by Crippen LogP contribution is 2.24. The first-order chi connectivity index (χ1) is 12.1. The molecule has 4 aromatic rings. The van der Waals surface area contributed by atoms with Gasteiger partial charge in [-0.1, -0.05) is 18.2 Å². The number of halogens is 1. The molecule has 0 saturated heterocycles. The molecule has 0 aliphatic rings. The Morgan fingerprint density at radius 3 is 2.52 bits per heavy atom. The highest BCUT2D eigenvalue weighted by molar-refractivity contribution is 5.80. The number of aromatic nitrogens is 2. The summed E-state index contributed by atoms with van der Waals surface area (Å²) in [5.41, 5.74) is 9.35. The zero-order chi connectivity index (χ0) is 17.4. The lowest BCUT2D eigenvalue weighted by atomic mass is 10.1. The Morgan fingerprint density at radius 2 is 1.80 bits per heavy atom. The Kier molecular flexibility index (Phi) is 3.57. The number of anilines is 1. The monoisotopic (exact) mass is 335 g/mol. The molecule has 0 radical (unpaired) electrons. The lowest BCUT2D eigenvalue weighted by Gasteiger charge is -2.04. The van der Waals surface area contributed by atoms with Crippen LogP contribution in [0, 0.1) is 5.82 Å². The summed E-state index contributed by atoms with van der Waals surface area (Å²) >= 11 is 0. The maximum atomic E-state index is 13.0. The molecule has 6 heteroatoms. The quantitative estimate of drug-likeness (QED) is 0.622. The Labute approximate surface area is 142 Å². The van der Waals surface area contributed by atoms with Crippen LogP contribution in [-0.2, 0) is 6.54 Å². The first-order valence-electron chi connectivity index (χ1n) is 7.70. The van der Waals surface area contributed by atoms with Crippen LogP contribution in [0.4, 0.5) is 10.2 Å². The fourth-order valence-corrected chi connectivity index (χ4v) is 2.74. The van der Waals surface area contributed by atoms with Crippen LogP contribution >= 0.6 is 0 Å². The average molecular weight is 335 g/mol. The zero-order valence-corrected chi connectivity index (χ0v) is 13.1. The number of oxazole rings is 1. The molecular weight excluding hydrogens is 321 g/mol. The van der Waals surface area contributed by atoms with E-state index in [0.29, 0.717) is 23.5 Å². The SMILES string of the molecule is Nc1ccc(-c2ccc3c(c2)oc(=O)n3Cc2ccc(F)cc2)cn1. The summed E-state index contributed by atoms with van der Waals surface area (Å²) in [6.45, 7) is 0.314. The third-order valence-electron chi connectivity index (χ3n) is 4.04. The molecule has 0 bridgehead atoms. The van der Waals surface area contributed by atoms with Crippen molar-refractivity contribution in [1.82, 2.24) is 9.55 Å². The number of nitrogens with zero attached hydrogens (tertiary/aromatic N) is 2. The van der Waals surface area contributed by atoms with Crippen LogP contribution in [0.2, 0.25) is 0 Å². The molecular formula is C19H14FN3O2.